The smallest absolute Gasteiger partial charge is 0.137 e. The van der Waals surface area contributed by atoms with Gasteiger partial charge in [-0.1, -0.05) is 13.8 Å². The molecule has 2 rings (SSSR count). The molecule has 0 unspecified atom stereocenters. The van der Waals surface area contributed by atoms with Crippen LogP contribution in [0.2, 0.25) is 0 Å². The summed E-state index contributed by atoms with van der Waals surface area (Å²) in [5, 5.41) is 3.12. The average Bonchev–Trinajstić information content (AvgIpc) is 2.39. The third-order valence-corrected chi connectivity index (χ3v) is 4.08. The van der Waals surface area contributed by atoms with E-state index >= 15 is 0 Å². The van der Waals surface area contributed by atoms with E-state index in [4.69, 9.17) is 0 Å². The molecule has 0 bridgehead atoms. The van der Waals surface area contributed by atoms with Crippen LogP contribution in [0.3, 0.4) is 0 Å². The van der Waals surface area contributed by atoms with Crippen molar-refractivity contribution in [3.05, 3.63) is 11.9 Å². The molecule has 1 aromatic heterocycles. The van der Waals surface area contributed by atoms with Crippen molar-refractivity contribution in [2.45, 2.75) is 33.6 Å². The monoisotopic (exact) mass is 248 g/mol. The van der Waals surface area contributed by atoms with E-state index < -0.39 is 0 Å². The zero-order valence-electron chi connectivity index (χ0n) is 11.9. The number of anilines is 2. The molecule has 4 heteroatoms. The molecule has 1 N–H and O–H groups in total. The molecule has 0 aliphatic carbocycles. The number of nitrogens with one attached hydrogen (secondary N) is 1. The topological polar surface area (TPSA) is 41.1 Å². The first-order valence-electron chi connectivity index (χ1n) is 6.87. The van der Waals surface area contributed by atoms with Gasteiger partial charge in [0.05, 0.1) is 0 Å². The number of rotatable bonds is 3. The van der Waals surface area contributed by atoms with Crippen molar-refractivity contribution in [1.82, 2.24) is 9.97 Å². The molecule has 0 aromatic carbocycles. The maximum Gasteiger partial charge on any atom is 0.137 e. The molecular formula is C14H24N4. The van der Waals surface area contributed by atoms with Crippen LogP contribution in [-0.2, 0) is 0 Å². The largest absolute Gasteiger partial charge is 0.373 e. The highest BCUT2D eigenvalue weighted by atomic mass is 15.2. The molecule has 0 radical (unpaired) electrons. The van der Waals surface area contributed by atoms with Crippen molar-refractivity contribution < 1.29 is 0 Å². The van der Waals surface area contributed by atoms with Crippen LogP contribution in [-0.4, -0.2) is 30.1 Å². The van der Waals surface area contributed by atoms with Gasteiger partial charge in [0.2, 0.25) is 0 Å². The summed E-state index contributed by atoms with van der Waals surface area (Å²) >= 11 is 0. The first-order chi connectivity index (χ1) is 8.63. The fourth-order valence-electron chi connectivity index (χ4n) is 2.79. The molecule has 1 fully saturated rings. The molecule has 100 valence electrons. The highest BCUT2D eigenvalue weighted by Crippen LogP contribution is 2.29. The fourth-order valence-corrected chi connectivity index (χ4v) is 2.79. The molecule has 4 nitrogen and oxygen atoms in total. The lowest BCUT2D eigenvalue weighted by Gasteiger charge is -2.35. The van der Waals surface area contributed by atoms with Crippen LogP contribution in [0, 0.1) is 18.8 Å². The average molecular weight is 248 g/mol. The van der Waals surface area contributed by atoms with Crippen molar-refractivity contribution >= 4 is 11.6 Å². The third kappa shape index (κ3) is 2.57. The second-order valence-corrected chi connectivity index (χ2v) is 5.49. The van der Waals surface area contributed by atoms with E-state index in [9.17, 15) is 0 Å². The van der Waals surface area contributed by atoms with E-state index in [1.807, 2.05) is 7.05 Å². The molecule has 0 spiro atoms. The summed E-state index contributed by atoms with van der Waals surface area (Å²) in [6.45, 7) is 8.98. The van der Waals surface area contributed by atoms with Crippen LogP contribution in [0.1, 0.15) is 32.3 Å². The lowest BCUT2D eigenvalue weighted by molar-refractivity contribution is 0.310. The molecule has 1 saturated heterocycles. The van der Waals surface area contributed by atoms with Gasteiger partial charge < -0.3 is 10.2 Å². The van der Waals surface area contributed by atoms with Gasteiger partial charge in [-0.05, 0) is 31.6 Å². The molecule has 0 amide bonds. The Labute approximate surface area is 110 Å². The van der Waals surface area contributed by atoms with Gasteiger partial charge in [-0.2, -0.15) is 0 Å². The Hall–Kier alpha value is -1.32. The number of nitrogens with zero attached hydrogens (tertiary/aromatic N) is 3. The van der Waals surface area contributed by atoms with E-state index in [-0.39, 0.29) is 0 Å². The summed E-state index contributed by atoms with van der Waals surface area (Å²) in [6.07, 6.45) is 4.20. The van der Waals surface area contributed by atoms with Gasteiger partial charge in [-0.15, -0.1) is 0 Å². The lowest BCUT2D eigenvalue weighted by atomic mass is 9.86. The first-order valence-corrected chi connectivity index (χ1v) is 6.87. The minimum atomic E-state index is 0.798. The van der Waals surface area contributed by atoms with E-state index in [0.717, 1.165) is 42.1 Å². The van der Waals surface area contributed by atoms with Gasteiger partial charge in [0, 0.05) is 25.7 Å². The normalized spacial score (nSPS) is 17.3. The lowest BCUT2D eigenvalue weighted by Crippen LogP contribution is -2.36. The molecule has 0 saturated carbocycles. The number of piperidine rings is 1. The Morgan fingerprint density at radius 2 is 1.94 bits per heavy atom. The maximum absolute atomic E-state index is 4.46. The minimum Gasteiger partial charge on any atom is -0.373 e. The first kappa shape index (κ1) is 13.1. The second-order valence-electron chi connectivity index (χ2n) is 5.49. The number of aromatic nitrogens is 2. The summed E-state index contributed by atoms with van der Waals surface area (Å²) in [5.41, 5.74) is 1.16. The van der Waals surface area contributed by atoms with Crippen molar-refractivity contribution in [1.29, 1.82) is 0 Å². The molecule has 1 aliphatic heterocycles. The predicted octanol–water partition coefficient (Wildman–Crippen LogP) is 2.70. The third-order valence-electron chi connectivity index (χ3n) is 4.08. The highest BCUT2D eigenvalue weighted by Gasteiger charge is 2.23. The van der Waals surface area contributed by atoms with Gasteiger partial charge in [0.1, 0.15) is 18.0 Å². The van der Waals surface area contributed by atoms with Crippen LogP contribution in [0.25, 0.3) is 0 Å². The van der Waals surface area contributed by atoms with Crippen molar-refractivity contribution in [3.8, 4) is 0 Å². The Morgan fingerprint density at radius 3 is 2.50 bits per heavy atom. The van der Waals surface area contributed by atoms with Gasteiger partial charge in [0.25, 0.3) is 0 Å². The van der Waals surface area contributed by atoms with Crippen molar-refractivity contribution in [2.75, 3.05) is 30.4 Å². The zero-order valence-corrected chi connectivity index (χ0v) is 11.9. The van der Waals surface area contributed by atoms with Crippen molar-refractivity contribution in [2.24, 2.45) is 11.8 Å². The molecule has 2 heterocycles. The van der Waals surface area contributed by atoms with Crippen LogP contribution >= 0.6 is 0 Å². The Balaban J connectivity index is 2.10. The summed E-state index contributed by atoms with van der Waals surface area (Å²) in [6, 6.07) is 0. The van der Waals surface area contributed by atoms with E-state index in [1.54, 1.807) is 6.33 Å². The van der Waals surface area contributed by atoms with Crippen LogP contribution in [0.5, 0.6) is 0 Å². The summed E-state index contributed by atoms with van der Waals surface area (Å²) in [4.78, 5) is 11.1. The van der Waals surface area contributed by atoms with Crippen molar-refractivity contribution in [3.63, 3.8) is 0 Å². The van der Waals surface area contributed by atoms with Crippen LogP contribution < -0.4 is 10.2 Å². The molecule has 1 aromatic rings. The molecule has 18 heavy (non-hydrogen) atoms. The summed E-state index contributed by atoms with van der Waals surface area (Å²) < 4.78 is 0. The summed E-state index contributed by atoms with van der Waals surface area (Å²) in [5.74, 6) is 3.70. The Morgan fingerprint density at radius 1 is 1.28 bits per heavy atom. The van der Waals surface area contributed by atoms with E-state index in [0.29, 0.717) is 0 Å². The minimum absolute atomic E-state index is 0.798. The van der Waals surface area contributed by atoms with Crippen LogP contribution in [0.4, 0.5) is 11.6 Å². The number of hydrogen-bond donors (Lipinski definition) is 1. The zero-order chi connectivity index (χ0) is 13.1. The molecule has 0 atom stereocenters. The van der Waals surface area contributed by atoms with E-state index in [1.165, 1.54) is 12.8 Å². The standard InChI is InChI=1S/C14H24N4/c1-10(2)12-5-7-18(8-6-12)14-11(3)13(15-4)16-9-17-14/h9-10,12H,5-8H2,1-4H3,(H,15,16,17). The van der Waals surface area contributed by atoms with Crippen LogP contribution in [0.15, 0.2) is 6.33 Å². The maximum atomic E-state index is 4.46. The number of hydrogen-bond acceptors (Lipinski definition) is 4. The predicted molar refractivity (Wildman–Crippen MR) is 76.1 cm³/mol. The van der Waals surface area contributed by atoms with Gasteiger partial charge >= 0.3 is 0 Å². The summed E-state index contributed by atoms with van der Waals surface area (Å²) in [7, 11) is 1.91. The van der Waals surface area contributed by atoms with Gasteiger partial charge in [-0.3, -0.25) is 0 Å². The Kier molecular flexibility index (Phi) is 4.04. The SMILES string of the molecule is CNc1ncnc(N2CCC(C(C)C)CC2)c1C. The second kappa shape index (κ2) is 5.55. The Bertz CT molecular complexity index is 395. The molecular weight excluding hydrogens is 224 g/mol. The highest BCUT2D eigenvalue weighted by molar-refractivity contribution is 5.57. The van der Waals surface area contributed by atoms with Gasteiger partial charge in [-0.25, -0.2) is 9.97 Å². The molecule has 1 aliphatic rings. The van der Waals surface area contributed by atoms with Gasteiger partial charge in [0.15, 0.2) is 0 Å². The quantitative estimate of drug-likeness (QED) is 0.893. The van der Waals surface area contributed by atoms with E-state index in [2.05, 4.69) is 41.0 Å². The fraction of sp³-hybridized carbons (Fsp3) is 0.714.